The Bertz CT molecular complexity index is 857. The Morgan fingerprint density at radius 1 is 1.12 bits per heavy atom. The fourth-order valence-corrected chi connectivity index (χ4v) is 2.30. The minimum atomic E-state index is 0.468. The van der Waals surface area contributed by atoms with E-state index < -0.39 is 0 Å². The quantitative estimate of drug-likeness (QED) is 0.651. The second-order valence-electron chi connectivity index (χ2n) is 5.61. The summed E-state index contributed by atoms with van der Waals surface area (Å²) < 4.78 is 11.1. The number of aromatic amines is 1. The highest BCUT2D eigenvalue weighted by Crippen LogP contribution is 2.29. The lowest BCUT2D eigenvalue weighted by atomic mass is 10.2. The van der Waals surface area contributed by atoms with E-state index in [1.807, 2.05) is 43.3 Å². The molecule has 3 aromatic rings. The molecule has 2 aromatic carbocycles. The molecule has 0 aliphatic rings. The van der Waals surface area contributed by atoms with E-state index in [1.165, 1.54) is 0 Å². The van der Waals surface area contributed by atoms with E-state index in [2.05, 4.69) is 27.3 Å². The second kappa shape index (κ2) is 7.04. The number of benzene rings is 2. The topological polar surface area (TPSA) is 72.1 Å². The zero-order chi connectivity index (χ0) is 16.9. The summed E-state index contributed by atoms with van der Waals surface area (Å²) in [6.45, 7) is 6.91. The number of methoxy groups -OCH3 is 1. The highest BCUT2D eigenvalue weighted by atomic mass is 16.5. The summed E-state index contributed by atoms with van der Waals surface area (Å²) >= 11 is 0. The van der Waals surface area contributed by atoms with Crippen molar-refractivity contribution in [2.24, 2.45) is 0 Å². The average Bonchev–Trinajstić information content (AvgIpc) is 3.05. The summed E-state index contributed by atoms with van der Waals surface area (Å²) in [5, 5.41) is 14.1. The largest absolute Gasteiger partial charge is 0.493 e. The summed E-state index contributed by atoms with van der Waals surface area (Å²) in [5.41, 5.74) is 4.71. The normalized spacial score (nSPS) is 10.6. The van der Waals surface area contributed by atoms with Crippen molar-refractivity contribution in [3.8, 4) is 11.5 Å². The van der Waals surface area contributed by atoms with Gasteiger partial charge in [-0.15, -0.1) is 0 Å². The van der Waals surface area contributed by atoms with Gasteiger partial charge >= 0.3 is 0 Å². The second-order valence-corrected chi connectivity index (χ2v) is 5.61. The number of hydrogen-bond acceptors (Lipinski definition) is 5. The Labute approximate surface area is 140 Å². The van der Waals surface area contributed by atoms with Crippen LogP contribution in [0.3, 0.4) is 0 Å². The third-order valence-corrected chi connectivity index (χ3v) is 3.52. The Morgan fingerprint density at radius 2 is 1.96 bits per heavy atom. The van der Waals surface area contributed by atoms with Gasteiger partial charge in [-0.25, -0.2) is 0 Å². The number of ether oxygens (including phenoxy) is 2. The third-order valence-electron chi connectivity index (χ3n) is 3.52. The lowest BCUT2D eigenvalue weighted by molar-refractivity contribution is 0.319. The summed E-state index contributed by atoms with van der Waals surface area (Å²) in [5.74, 6) is 1.43. The molecular formula is C18H20N4O2. The molecule has 0 fully saturated rings. The van der Waals surface area contributed by atoms with Crippen LogP contribution in [0.1, 0.15) is 12.5 Å². The van der Waals surface area contributed by atoms with Crippen LogP contribution in [0, 0.1) is 0 Å². The van der Waals surface area contributed by atoms with E-state index in [1.54, 1.807) is 7.11 Å². The van der Waals surface area contributed by atoms with E-state index in [0.717, 1.165) is 27.9 Å². The van der Waals surface area contributed by atoms with Crippen LogP contribution in [-0.2, 0) is 6.54 Å². The van der Waals surface area contributed by atoms with Gasteiger partial charge in [0, 0.05) is 12.2 Å². The maximum Gasteiger partial charge on any atom is 0.161 e. The number of anilines is 1. The average molecular weight is 324 g/mol. The van der Waals surface area contributed by atoms with Crippen molar-refractivity contribution in [2.75, 3.05) is 19.0 Å². The number of nitrogens with zero attached hydrogens (tertiary/aromatic N) is 2. The minimum Gasteiger partial charge on any atom is -0.493 e. The molecule has 1 heterocycles. The van der Waals surface area contributed by atoms with E-state index in [-0.39, 0.29) is 0 Å². The Morgan fingerprint density at radius 3 is 2.75 bits per heavy atom. The summed E-state index contributed by atoms with van der Waals surface area (Å²) in [7, 11) is 1.63. The van der Waals surface area contributed by atoms with Gasteiger partial charge in [-0.05, 0) is 48.4 Å². The molecule has 0 spiro atoms. The monoisotopic (exact) mass is 324 g/mol. The van der Waals surface area contributed by atoms with Gasteiger partial charge in [0.25, 0.3) is 0 Å². The van der Waals surface area contributed by atoms with Crippen LogP contribution in [-0.4, -0.2) is 29.1 Å². The molecule has 0 aliphatic heterocycles. The van der Waals surface area contributed by atoms with Gasteiger partial charge < -0.3 is 14.8 Å². The Kier molecular flexibility index (Phi) is 4.65. The van der Waals surface area contributed by atoms with Crippen LogP contribution in [0.5, 0.6) is 11.5 Å². The molecule has 0 unspecified atom stereocenters. The first-order valence-corrected chi connectivity index (χ1v) is 7.64. The molecule has 0 bridgehead atoms. The van der Waals surface area contributed by atoms with Crippen molar-refractivity contribution in [1.82, 2.24) is 15.4 Å². The molecule has 2 N–H and O–H groups in total. The predicted octanol–water partition coefficient (Wildman–Crippen LogP) is 3.53. The zero-order valence-electron chi connectivity index (χ0n) is 13.8. The molecule has 0 amide bonds. The van der Waals surface area contributed by atoms with E-state index in [0.29, 0.717) is 24.7 Å². The van der Waals surface area contributed by atoms with Crippen LogP contribution in [0.4, 0.5) is 5.69 Å². The molecule has 124 valence electrons. The summed E-state index contributed by atoms with van der Waals surface area (Å²) in [4.78, 5) is 0. The number of nitrogens with one attached hydrogen (secondary N) is 2. The van der Waals surface area contributed by atoms with Gasteiger partial charge in [-0.3, -0.25) is 0 Å². The fourth-order valence-electron chi connectivity index (χ4n) is 2.30. The lowest BCUT2D eigenvalue weighted by Crippen LogP contribution is -2.03. The first-order valence-electron chi connectivity index (χ1n) is 7.64. The van der Waals surface area contributed by atoms with Crippen LogP contribution < -0.4 is 14.8 Å². The Hall–Kier alpha value is -3.02. The van der Waals surface area contributed by atoms with Crippen LogP contribution in [0.2, 0.25) is 0 Å². The van der Waals surface area contributed by atoms with Crippen molar-refractivity contribution in [2.45, 2.75) is 13.5 Å². The van der Waals surface area contributed by atoms with Crippen molar-refractivity contribution < 1.29 is 9.47 Å². The SMILES string of the molecule is C=C(C)COc1cc(CNc2ccc3n[nH]nc3c2)ccc1OC. The lowest BCUT2D eigenvalue weighted by Gasteiger charge is -2.13. The van der Waals surface area contributed by atoms with Crippen LogP contribution in [0.25, 0.3) is 11.0 Å². The highest BCUT2D eigenvalue weighted by molar-refractivity contribution is 5.77. The van der Waals surface area contributed by atoms with Gasteiger partial charge in [0.1, 0.15) is 17.6 Å². The molecule has 0 saturated carbocycles. The van der Waals surface area contributed by atoms with Crippen molar-refractivity contribution >= 4 is 16.7 Å². The van der Waals surface area contributed by atoms with Gasteiger partial charge in [0.05, 0.1) is 7.11 Å². The van der Waals surface area contributed by atoms with E-state index >= 15 is 0 Å². The molecule has 0 aliphatic carbocycles. The molecule has 24 heavy (non-hydrogen) atoms. The van der Waals surface area contributed by atoms with E-state index in [9.17, 15) is 0 Å². The van der Waals surface area contributed by atoms with Gasteiger partial charge in [-0.1, -0.05) is 12.6 Å². The maximum absolute atomic E-state index is 5.75. The molecule has 0 atom stereocenters. The maximum atomic E-state index is 5.75. The highest BCUT2D eigenvalue weighted by Gasteiger charge is 2.07. The first-order chi connectivity index (χ1) is 11.7. The molecule has 0 radical (unpaired) electrons. The van der Waals surface area contributed by atoms with Crippen molar-refractivity contribution in [3.05, 3.63) is 54.1 Å². The third kappa shape index (κ3) is 3.65. The summed E-state index contributed by atoms with van der Waals surface area (Å²) in [6, 6.07) is 11.8. The fraction of sp³-hybridized carbons (Fsp3) is 0.222. The molecule has 0 saturated heterocycles. The van der Waals surface area contributed by atoms with Crippen LogP contribution in [0.15, 0.2) is 48.6 Å². The van der Waals surface area contributed by atoms with Crippen molar-refractivity contribution in [1.29, 1.82) is 0 Å². The molecular weight excluding hydrogens is 304 g/mol. The zero-order valence-corrected chi connectivity index (χ0v) is 13.8. The smallest absolute Gasteiger partial charge is 0.161 e. The predicted molar refractivity (Wildman–Crippen MR) is 94.5 cm³/mol. The standard InChI is InChI=1S/C18H20N4O2/c1-12(2)11-24-18-8-13(4-7-17(18)23-3)10-19-14-5-6-15-16(9-14)21-22-20-15/h4-9,19H,1,10-11H2,2-3H3,(H,20,21,22). The molecule has 6 heteroatoms. The summed E-state index contributed by atoms with van der Waals surface area (Å²) in [6.07, 6.45) is 0. The number of hydrogen-bond donors (Lipinski definition) is 2. The Balaban J connectivity index is 1.71. The van der Waals surface area contributed by atoms with Gasteiger partial charge in [0.15, 0.2) is 11.5 Å². The molecule has 1 aromatic heterocycles. The first kappa shape index (κ1) is 15.9. The van der Waals surface area contributed by atoms with Crippen LogP contribution >= 0.6 is 0 Å². The molecule has 3 rings (SSSR count). The number of aromatic nitrogens is 3. The number of rotatable bonds is 7. The molecule has 6 nitrogen and oxygen atoms in total. The van der Waals surface area contributed by atoms with Gasteiger partial charge in [0.2, 0.25) is 0 Å². The van der Waals surface area contributed by atoms with Crippen molar-refractivity contribution in [3.63, 3.8) is 0 Å². The number of fused-ring (bicyclic) bond motifs is 1. The number of H-pyrrole nitrogens is 1. The van der Waals surface area contributed by atoms with Gasteiger partial charge in [-0.2, -0.15) is 15.4 Å². The minimum absolute atomic E-state index is 0.468. The van der Waals surface area contributed by atoms with E-state index in [4.69, 9.17) is 9.47 Å².